The van der Waals surface area contributed by atoms with Gasteiger partial charge in [-0.05, 0) is 55.5 Å². The van der Waals surface area contributed by atoms with Gasteiger partial charge in [-0.2, -0.15) is 5.26 Å². The molecule has 1 amide bonds. The van der Waals surface area contributed by atoms with E-state index in [-0.39, 0.29) is 10.6 Å². The van der Waals surface area contributed by atoms with Crippen LogP contribution in [0.2, 0.25) is 10.0 Å². The van der Waals surface area contributed by atoms with Crippen molar-refractivity contribution in [1.82, 2.24) is 0 Å². The van der Waals surface area contributed by atoms with Gasteiger partial charge in [-0.15, -0.1) is 0 Å². The van der Waals surface area contributed by atoms with Crippen molar-refractivity contribution >= 4 is 45.6 Å². The number of halogens is 2. The summed E-state index contributed by atoms with van der Waals surface area (Å²) in [5.41, 5.74) is 2.03. The maximum atomic E-state index is 12.8. The molecule has 0 unspecified atom stereocenters. The number of nitriles is 1. The van der Waals surface area contributed by atoms with Gasteiger partial charge in [0.05, 0.1) is 31.3 Å². The largest absolute Gasteiger partial charge is 0.322 e. The standard InChI is InChI=1S/C21H14Cl2N2O2S/c1-13-2-6-17(7-3-13)28(27)20-9-5-16(10-15(20)12-24)25-21(26)14-4-8-18(22)19(23)11-14/h2-11H,1H3,(H,25,26)/t28-/m0/s1. The van der Waals surface area contributed by atoms with E-state index in [4.69, 9.17) is 23.2 Å². The summed E-state index contributed by atoms with van der Waals surface area (Å²) < 4.78 is 12.8. The Balaban J connectivity index is 1.85. The summed E-state index contributed by atoms with van der Waals surface area (Å²) in [5.74, 6) is -0.394. The Morgan fingerprint density at radius 1 is 1.00 bits per heavy atom. The number of hydrogen-bond acceptors (Lipinski definition) is 3. The van der Waals surface area contributed by atoms with Crippen molar-refractivity contribution in [3.63, 3.8) is 0 Å². The molecule has 1 atom stereocenters. The van der Waals surface area contributed by atoms with Gasteiger partial charge in [0.25, 0.3) is 5.91 Å². The minimum atomic E-state index is -1.50. The van der Waals surface area contributed by atoms with Crippen molar-refractivity contribution in [2.24, 2.45) is 0 Å². The van der Waals surface area contributed by atoms with Crippen LogP contribution in [0.4, 0.5) is 5.69 Å². The average molecular weight is 429 g/mol. The number of benzene rings is 3. The lowest BCUT2D eigenvalue weighted by Gasteiger charge is -2.09. The van der Waals surface area contributed by atoms with Crippen LogP contribution in [0, 0.1) is 18.3 Å². The van der Waals surface area contributed by atoms with Gasteiger partial charge in [-0.3, -0.25) is 4.79 Å². The topological polar surface area (TPSA) is 70.0 Å². The summed E-state index contributed by atoms with van der Waals surface area (Å²) >= 11 is 11.8. The molecule has 0 aromatic heterocycles. The Morgan fingerprint density at radius 3 is 2.36 bits per heavy atom. The first kappa shape index (κ1) is 20.1. The van der Waals surface area contributed by atoms with Crippen LogP contribution < -0.4 is 5.32 Å². The summed E-state index contributed by atoms with van der Waals surface area (Å²) in [6.45, 7) is 1.94. The molecule has 140 valence electrons. The number of carbonyl (C=O) groups excluding carboxylic acids is 1. The van der Waals surface area contributed by atoms with Crippen LogP contribution >= 0.6 is 23.2 Å². The fourth-order valence-electron chi connectivity index (χ4n) is 2.49. The normalized spacial score (nSPS) is 11.5. The fourth-order valence-corrected chi connectivity index (χ4v) is 3.92. The van der Waals surface area contributed by atoms with E-state index in [1.54, 1.807) is 30.3 Å². The molecule has 0 saturated carbocycles. The zero-order valence-corrected chi connectivity index (χ0v) is 17.0. The zero-order valence-electron chi connectivity index (χ0n) is 14.7. The Labute approximate surface area is 175 Å². The van der Waals surface area contributed by atoms with Crippen LogP contribution in [-0.2, 0) is 10.8 Å². The molecule has 0 heterocycles. The van der Waals surface area contributed by atoms with Crippen molar-refractivity contribution < 1.29 is 9.00 Å². The van der Waals surface area contributed by atoms with Gasteiger partial charge in [-0.1, -0.05) is 40.9 Å². The van der Waals surface area contributed by atoms with Gasteiger partial charge < -0.3 is 5.32 Å². The fraction of sp³-hybridized carbons (Fsp3) is 0.0476. The number of aryl methyl sites for hydroxylation is 1. The van der Waals surface area contributed by atoms with Crippen LogP contribution in [0.1, 0.15) is 21.5 Å². The lowest BCUT2D eigenvalue weighted by atomic mass is 10.2. The first-order valence-corrected chi connectivity index (χ1v) is 10.1. The molecular formula is C21H14Cl2N2O2S. The van der Waals surface area contributed by atoms with E-state index in [1.807, 2.05) is 25.1 Å². The Hall–Kier alpha value is -2.65. The second-order valence-corrected chi connectivity index (χ2v) is 8.25. The predicted octanol–water partition coefficient (Wildman–Crippen LogP) is 5.59. The Kier molecular flexibility index (Phi) is 6.15. The third kappa shape index (κ3) is 4.42. The van der Waals surface area contributed by atoms with Crippen LogP contribution in [-0.4, -0.2) is 10.1 Å². The molecule has 0 spiro atoms. The lowest BCUT2D eigenvalue weighted by molar-refractivity contribution is 0.102. The Morgan fingerprint density at radius 2 is 1.71 bits per heavy atom. The molecule has 0 saturated heterocycles. The molecule has 7 heteroatoms. The number of nitrogens with zero attached hydrogens (tertiary/aromatic N) is 1. The molecule has 1 N–H and O–H groups in total. The summed E-state index contributed by atoms with van der Waals surface area (Å²) in [4.78, 5) is 13.4. The molecule has 0 aliphatic carbocycles. The van der Waals surface area contributed by atoms with Gasteiger partial charge in [0.1, 0.15) is 6.07 Å². The van der Waals surface area contributed by atoms with Gasteiger partial charge in [0, 0.05) is 16.1 Å². The number of hydrogen-bond donors (Lipinski definition) is 1. The third-order valence-corrected chi connectivity index (χ3v) is 6.17. The number of rotatable bonds is 4. The summed E-state index contributed by atoms with van der Waals surface area (Å²) in [5, 5.41) is 12.8. The van der Waals surface area contributed by atoms with Crippen LogP contribution in [0.25, 0.3) is 0 Å². The van der Waals surface area contributed by atoms with Crippen LogP contribution in [0.5, 0.6) is 0 Å². The second kappa shape index (κ2) is 8.57. The summed E-state index contributed by atoms with van der Waals surface area (Å²) in [6, 6.07) is 18.6. The Bertz CT molecular complexity index is 1120. The van der Waals surface area contributed by atoms with E-state index in [0.717, 1.165) is 5.56 Å². The van der Waals surface area contributed by atoms with E-state index in [0.29, 0.717) is 26.1 Å². The molecule has 4 nitrogen and oxygen atoms in total. The van der Waals surface area contributed by atoms with Gasteiger partial charge in [0.2, 0.25) is 0 Å². The molecule has 0 aliphatic heterocycles. The molecule has 0 fully saturated rings. The average Bonchev–Trinajstić information content (AvgIpc) is 2.70. The zero-order chi connectivity index (χ0) is 20.3. The van der Waals surface area contributed by atoms with Crippen molar-refractivity contribution in [1.29, 1.82) is 5.26 Å². The van der Waals surface area contributed by atoms with Crippen LogP contribution in [0.15, 0.2) is 70.5 Å². The van der Waals surface area contributed by atoms with E-state index >= 15 is 0 Å². The number of nitrogens with one attached hydrogen (secondary N) is 1. The lowest BCUT2D eigenvalue weighted by Crippen LogP contribution is -2.12. The molecule has 0 aliphatic rings. The summed E-state index contributed by atoms with van der Waals surface area (Å²) in [6.07, 6.45) is 0. The van der Waals surface area contributed by atoms with Crippen molar-refractivity contribution in [3.8, 4) is 6.07 Å². The third-order valence-electron chi connectivity index (χ3n) is 3.97. The minimum absolute atomic E-state index is 0.228. The molecular weight excluding hydrogens is 415 g/mol. The smallest absolute Gasteiger partial charge is 0.255 e. The molecule has 28 heavy (non-hydrogen) atoms. The van der Waals surface area contributed by atoms with Gasteiger partial charge >= 0.3 is 0 Å². The quantitative estimate of drug-likeness (QED) is 0.588. The van der Waals surface area contributed by atoms with E-state index < -0.39 is 16.7 Å². The maximum Gasteiger partial charge on any atom is 0.255 e. The first-order chi connectivity index (χ1) is 13.4. The van der Waals surface area contributed by atoms with Gasteiger partial charge in [-0.25, -0.2) is 4.21 Å². The number of anilines is 1. The van der Waals surface area contributed by atoms with Crippen LogP contribution in [0.3, 0.4) is 0 Å². The first-order valence-electron chi connectivity index (χ1n) is 8.18. The number of carbonyl (C=O) groups is 1. The van der Waals surface area contributed by atoms with E-state index in [1.165, 1.54) is 18.2 Å². The van der Waals surface area contributed by atoms with E-state index in [9.17, 15) is 14.3 Å². The molecule has 0 radical (unpaired) electrons. The molecule has 0 bridgehead atoms. The summed E-state index contributed by atoms with van der Waals surface area (Å²) in [7, 11) is -1.50. The highest BCUT2D eigenvalue weighted by molar-refractivity contribution is 7.85. The molecule has 3 rings (SSSR count). The van der Waals surface area contributed by atoms with Crippen molar-refractivity contribution in [2.75, 3.05) is 5.32 Å². The maximum absolute atomic E-state index is 12.8. The molecule has 3 aromatic carbocycles. The highest BCUT2D eigenvalue weighted by Crippen LogP contribution is 2.25. The predicted molar refractivity (Wildman–Crippen MR) is 111 cm³/mol. The van der Waals surface area contributed by atoms with E-state index in [2.05, 4.69) is 5.32 Å². The number of amides is 1. The second-order valence-electron chi connectivity index (χ2n) is 5.99. The van der Waals surface area contributed by atoms with Gasteiger partial charge in [0.15, 0.2) is 0 Å². The monoisotopic (exact) mass is 428 g/mol. The van der Waals surface area contributed by atoms with Crippen molar-refractivity contribution in [3.05, 3.63) is 87.4 Å². The van der Waals surface area contributed by atoms with Crippen molar-refractivity contribution in [2.45, 2.75) is 16.7 Å². The highest BCUT2D eigenvalue weighted by Gasteiger charge is 2.15. The SMILES string of the molecule is Cc1ccc([S@](=O)c2ccc(NC(=O)c3ccc(Cl)c(Cl)c3)cc2C#N)cc1. The molecule has 3 aromatic rings. The highest BCUT2D eigenvalue weighted by atomic mass is 35.5. The minimum Gasteiger partial charge on any atom is -0.322 e.